The molecule has 0 aromatic carbocycles. The topological polar surface area (TPSA) is 81.7 Å². The van der Waals surface area contributed by atoms with Crippen LogP contribution in [0.4, 0.5) is 5.82 Å². The summed E-state index contributed by atoms with van der Waals surface area (Å²) in [6.45, 7) is 6.51. The van der Waals surface area contributed by atoms with Crippen LogP contribution in [0.25, 0.3) is 11.0 Å². The minimum atomic E-state index is 0.182. The van der Waals surface area contributed by atoms with E-state index in [-0.39, 0.29) is 4.75 Å². The Morgan fingerprint density at radius 3 is 2.72 bits per heavy atom. The van der Waals surface area contributed by atoms with E-state index in [4.69, 9.17) is 5.84 Å². The molecular formula is C11H18N6S. The molecule has 0 saturated heterocycles. The van der Waals surface area contributed by atoms with E-state index < -0.39 is 0 Å². The third-order valence-electron chi connectivity index (χ3n) is 2.41. The lowest BCUT2D eigenvalue weighted by Crippen LogP contribution is -2.12. The Hall–Kier alpha value is -1.34. The van der Waals surface area contributed by atoms with Crippen LogP contribution in [-0.2, 0) is 12.8 Å². The van der Waals surface area contributed by atoms with Crippen molar-refractivity contribution in [3.8, 4) is 0 Å². The molecule has 3 N–H and O–H groups in total. The second-order valence-electron chi connectivity index (χ2n) is 5.04. The van der Waals surface area contributed by atoms with Crippen LogP contribution in [-0.4, -0.2) is 24.5 Å². The highest BCUT2D eigenvalue weighted by atomic mass is 32.2. The van der Waals surface area contributed by atoms with Crippen LogP contribution >= 0.6 is 11.8 Å². The molecule has 0 aliphatic heterocycles. The number of rotatable bonds is 3. The zero-order valence-electron chi connectivity index (χ0n) is 11.1. The summed E-state index contributed by atoms with van der Waals surface area (Å²) in [4.78, 5) is 8.93. The van der Waals surface area contributed by atoms with Gasteiger partial charge in [0.05, 0.1) is 17.3 Å². The maximum Gasteiger partial charge on any atom is 0.163 e. The van der Waals surface area contributed by atoms with Crippen molar-refractivity contribution in [3.05, 3.63) is 12.0 Å². The van der Waals surface area contributed by atoms with Crippen molar-refractivity contribution in [1.82, 2.24) is 19.7 Å². The molecule has 0 saturated carbocycles. The van der Waals surface area contributed by atoms with Gasteiger partial charge in [-0.1, -0.05) is 20.8 Å². The SMILES string of the molecule is Cn1ncc2c(NN)nc(CSC(C)(C)C)nc21. The third kappa shape index (κ3) is 2.73. The number of nitrogens with one attached hydrogen (secondary N) is 1. The summed E-state index contributed by atoms with van der Waals surface area (Å²) in [5.74, 6) is 7.63. The van der Waals surface area contributed by atoms with E-state index in [2.05, 4.69) is 41.3 Å². The van der Waals surface area contributed by atoms with Crippen LogP contribution in [0.2, 0.25) is 0 Å². The summed E-state index contributed by atoms with van der Waals surface area (Å²) in [6.07, 6.45) is 1.71. The van der Waals surface area contributed by atoms with Crippen LogP contribution in [0.3, 0.4) is 0 Å². The molecule has 2 rings (SSSR count). The maximum atomic E-state index is 5.49. The molecule has 98 valence electrons. The van der Waals surface area contributed by atoms with E-state index in [0.717, 1.165) is 22.6 Å². The highest BCUT2D eigenvalue weighted by Crippen LogP contribution is 2.27. The summed E-state index contributed by atoms with van der Waals surface area (Å²) < 4.78 is 1.91. The number of thioether (sulfide) groups is 1. The number of fused-ring (bicyclic) bond motifs is 1. The molecular weight excluding hydrogens is 248 g/mol. The Kier molecular flexibility index (Phi) is 3.45. The van der Waals surface area contributed by atoms with Gasteiger partial charge in [-0.3, -0.25) is 4.68 Å². The van der Waals surface area contributed by atoms with Gasteiger partial charge in [0.1, 0.15) is 5.82 Å². The molecule has 2 heterocycles. The van der Waals surface area contributed by atoms with Crippen molar-refractivity contribution in [1.29, 1.82) is 0 Å². The van der Waals surface area contributed by atoms with E-state index in [0.29, 0.717) is 5.82 Å². The summed E-state index contributed by atoms with van der Waals surface area (Å²) >= 11 is 1.80. The average Bonchev–Trinajstić information content (AvgIpc) is 2.67. The Labute approximate surface area is 110 Å². The molecule has 6 nitrogen and oxygen atoms in total. The lowest BCUT2D eigenvalue weighted by molar-refractivity contribution is 0.780. The number of aryl methyl sites for hydroxylation is 1. The Morgan fingerprint density at radius 2 is 2.11 bits per heavy atom. The highest BCUT2D eigenvalue weighted by molar-refractivity contribution is 7.99. The van der Waals surface area contributed by atoms with E-state index in [1.165, 1.54) is 0 Å². The molecule has 0 fully saturated rings. The molecule has 0 atom stereocenters. The van der Waals surface area contributed by atoms with Crippen molar-refractivity contribution in [3.63, 3.8) is 0 Å². The van der Waals surface area contributed by atoms with Gasteiger partial charge in [-0.15, -0.1) is 11.8 Å². The van der Waals surface area contributed by atoms with Crippen molar-refractivity contribution in [2.24, 2.45) is 12.9 Å². The van der Waals surface area contributed by atoms with E-state index in [9.17, 15) is 0 Å². The van der Waals surface area contributed by atoms with Gasteiger partial charge in [0.15, 0.2) is 11.5 Å². The number of nitrogen functional groups attached to an aromatic ring is 1. The van der Waals surface area contributed by atoms with Crippen LogP contribution < -0.4 is 11.3 Å². The van der Waals surface area contributed by atoms with Gasteiger partial charge in [-0.25, -0.2) is 15.8 Å². The van der Waals surface area contributed by atoms with Gasteiger partial charge in [0, 0.05) is 11.8 Å². The van der Waals surface area contributed by atoms with Crippen molar-refractivity contribution in [2.45, 2.75) is 31.3 Å². The van der Waals surface area contributed by atoms with E-state index in [1.807, 2.05) is 7.05 Å². The molecule has 7 heteroatoms. The fraction of sp³-hybridized carbons (Fsp3) is 0.545. The van der Waals surface area contributed by atoms with Gasteiger partial charge < -0.3 is 5.43 Å². The summed E-state index contributed by atoms with van der Waals surface area (Å²) in [5, 5.41) is 5.00. The number of nitrogens with two attached hydrogens (primary N) is 1. The van der Waals surface area contributed by atoms with E-state index >= 15 is 0 Å². The number of hydrazine groups is 1. The number of anilines is 1. The molecule has 0 spiro atoms. The molecule has 0 unspecified atom stereocenters. The second-order valence-corrected chi connectivity index (χ2v) is 6.84. The maximum absolute atomic E-state index is 5.49. The zero-order valence-corrected chi connectivity index (χ0v) is 11.9. The lowest BCUT2D eigenvalue weighted by Gasteiger charge is -2.16. The van der Waals surface area contributed by atoms with Crippen LogP contribution in [0.5, 0.6) is 0 Å². The number of hydrogen-bond acceptors (Lipinski definition) is 6. The highest BCUT2D eigenvalue weighted by Gasteiger charge is 2.14. The molecule has 18 heavy (non-hydrogen) atoms. The molecule has 2 aromatic rings. The normalized spacial score (nSPS) is 12.1. The zero-order chi connectivity index (χ0) is 13.3. The predicted molar refractivity (Wildman–Crippen MR) is 75.2 cm³/mol. The van der Waals surface area contributed by atoms with Crippen molar-refractivity contribution < 1.29 is 0 Å². The molecule has 0 aliphatic carbocycles. The average molecular weight is 266 g/mol. The summed E-state index contributed by atoms with van der Waals surface area (Å²) in [7, 11) is 1.86. The Balaban J connectivity index is 2.37. The lowest BCUT2D eigenvalue weighted by atomic mass is 10.3. The first-order valence-corrected chi connectivity index (χ1v) is 6.68. The number of nitrogens with zero attached hydrogens (tertiary/aromatic N) is 4. The number of hydrogen-bond donors (Lipinski definition) is 2. The van der Waals surface area contributed by atoms with Gasteiger partial charge in [-0.05, 0) is 0 Å². The second kappa shape index (κ2) is 4.74. The Morgan fingerprint density at radius 1 is 1.39 bits per heavy atom. The van der Waals surface area contributed by atoms with Gasteiger partial charge in [0.25, 0.3) is 0 Å². The fourth-order valence-corrected chi connectivity index (χ4v) is 2.21. The van der Waals surface area contributed by atoms with Crippen LogP contribution in [0.15, 0.2) is 6.20 Å². The minimum Gasteiger partial charge on any atom is -0.308 e. The molecule has 0 radical (unpaired) electrons. The van der Waals surface area contributed by atoms with Crippen LogP contribution in [0, 0.1) is 0 Å². The molecule has 0 bridgehead atoms. The quantitative estimate of drug-likeness (QED) is 0.650. The molecule has 0 amide bonds. The first-order chi connectivity index (χ1) is 8.40. The third-order valence-corrected chi connectivity index (χ3v) is 3.68. The molecule has 0 aliphatic rings. The standard InChI is InChI=1S/C11H18N6S/c1-11(2,3)18-6-8-14-9(16-12)7-5-13-17(4)10(7)15-8/h5H,6,12H2,1-4H3,(H,14,15,16). The van der Waals surface area contributed by atoms with Crippen LogP contribution in [0.1, 0.15) is 26.6 Å². The summed E-state index contributed by atoms with van der Waals surface area (Å²) in [6, 6.07) is 0. The predicted octanol–water partition coefficient (Wildman–Crippen LogP) is 1.68. The monoisotopic (exact) mass is 266 g/mol. The van der Waals surface area contributed by atoms with Gasteiger partial charge >= 0.3 is 0 Å². The smallest absolute Gasteiger partial charge is 0.163 e. The first-order valence-electron chi connectivity index (χ1n) is 5.70. The largest absolute Gasteiger partial charge is 0.308 e. The first kappa shape index (κ1) is 13.1. The number of aromatic nitrogens is 4. The fourth-order valence-electron chi connectivity index (χ4n) is 1.52. The van der Waals surface area contributed by atoms with Crippen molar-refractivity contribution >= 4 is 28.6 Å². The van der Waals surface area contributed by atoms with Gasteiger partial charge in [-0.2, -0.15) is 5.10 Å². The Bertz CT molecular complexity index is 556. The molecule has 2 aromatic heterocycles. The minimum absolute atomic E-state index is 0.182. The van der Waals surface area contributed by atoms with Crippen molar-refractivity contribution in [2.75, 3.05) is 5.43 Å². The van der Waals surface area contributed by atoms with E-state index in [1.54, 1.807) is 22.6 Å². The summed E-state index contributed by atoms with van der Waals surface area (Å²) in [5.41, 5.74) is 3.40. The van der Waals surface area contributed by atoms with Gasteiger partial charge in [0.2, 0.25) is 0 Å².